The van der Waals surface area contributed by atoms with E-state index < -0.39 is 0 Å². The van der Waals surface area contributed by atoms with E-state index in [1.165, 1.54) is 0 Å². The molecule has 3 heterocycles. The number of hydrogen-bond donors (Lipinski definition) is 1. The van der Waals surface area contributed by atoms with Crippen LogP contribution >= 0.6 is 11.3 Å². The number of rotatable bonds is 2. The highest BCUT2D eigenvalue weighted by atomic mass is 32.1. The van der Waals surface area contributed by atoms with Gasteiger partial charge < -0.3 is 15.1 Å². The van der Waals surface area contributed by atoms with Crippen LogP contribution in [0.25, 0.3) is 0 Å². The first-order valence-corrected chi connectivity index (χ1v) is 8.95. The van der Waals surface area contributed by atoms with Gasteiger partial charge in [-0.25, -0.2) is 4.79 Å². The molecule has 6 nitrogen and oxygen atoms in total. The molecular weight excluding hydrogens is 312 g/mol. The molecule has 1 aromatic heterocycles. The van der Waals surface area contributed by atoms with E-state index in [0.29, 0.717) is 19.6 Å². The molecule has 0 radical (unpaired) electrons. The molecule has 3 amide bonds. The summed E-state index contributed by atoms with van der Waals surface area (Å²) >= 11 is 1.60. The Hall–Kier alpha value is -1.60. The van der Waals surface area contributed by atoms with Crippen LogP contribution in [-0.2, 0) is 4.79 Å². The van der Waals surface area contributed by atoms with Crippen molar-refractivity contribution >= 4 is 29.0 Å². The molecule has 3 rings (SSSR count). The van der Waals surface area contributed by atoms with Crippen LogP contribution in [0, 0.1) is 0 Å². The first-order chi connectivity index (χ1) is 10.9. The zero-order chi connectivity index (χ0) is 16.6. The number of nitrogens with one attached hydrogen (secondary N) is 1. The molecule has 0 saturated carbocycles. The molecule has 126 valence electrons. The van der Waals surface area contributed by atoms with Crippen LogP contribution in [0.15, 0.2) is 16.8 Å². The predicted octanol–water partition coefficient (Wildman–Crippen LogP) is 1.59. The maximum Gasteiger partial charge on any atom is 0.317 e. The van der Waals surface area contributed by atoms with Gasteiger partial charge in [0, 0.05) is 31.1 Å². The molecule has 1 spiro atoms. The van der Waals surface area contributed by atoms with Crippen LogP contribution < -0.4 is 10.2 Å². The lowest BCUT2D eigenvalue weighted by molar-refractivity contribution is -0.123. The van der Waals surface area contributed by atoms with Crippen molar-refractivity contribution in [3.8, 4) is 0 Å². The average molecular weight is 336 g/mol. The van der Waals surface area contributed by atoms with Gasteiger partial charge in [0.2, 0.25) is 5.91 Å². The highest BCUT2D eigenvalue weighted by Crippen LogP contribution is 2.34. The van der Waals surface area contributed by atoms with Crippen molar-refractivity contribution in [1.82, 2.24) is 15.1 Å². The summed E-state index contributed by atoms with van der Waals surface area (Å²) in [7, 11) is 1.99. The predicted molar refractivity (Wildman–Crippen MR) is 91.9 cm³/mol. The molecule has 23 heavy (non-hydrogen) atoms. The summed E-state index contributed by atoms with van der Waals surface area (Å²) in [4.78, 5) is 30.6. The molecule has 1 atom stereocenters. The Kier molecular flexibility index (Phi) is 4.33. The lowest BCUT2D eigenvalue weighted by Gasteiger charge is -2.46. The fourth-order valence-corrected chi connectivity index (χ4v) is 4.06. The maximum absolute atomic E-state index is 12.4. The molecule has 1 aromatic rings. The van der Waals surface area contributed by atoms with Gasteiger partial charge in [-0.05, 0) is 38.8 Å². The minimum Gasteiger partial charge on any atom is -0.336 e. The normalized spacial score (nSPS) is 25.7. The Morgan fingerprint density at radius 3 is 2.83 bits per heavy atom. The maximum atomic E-state index is 12.4. The van der Waals surface area contributed by atoms with Crippen LogP contribution in [-0.4, -0.2) is 66.5 Å². The fourth-order valence-electron chi connectivity index (χ4n) is 3.41. The van der Waals surface area contributed by atoms with Crippen molar-refractivity contribution in [1.29, 1.82) is 0 Å². The number of amides is 3. The number of urea groups is 1. The summed E-state index contributed by atoms with van der Waals surface area (Å²) in [5.41, 5.74) is 0.821. The summed E-state index contributed by atoms with van der Waals surface area (Å²) in [6.45, 7) is 6.37. The molecule has 0 unspecified atom stereocenters. The number of carbonyl (C=O) groups is 2. The Balaban J connectivity index is 1.76. The number of carbonyl (C=O) groups excluding carboxylic acids is 2. The second-order valence-corrected chi connectivity index (χ2v) is 7.60. The van der Waals surface area contributed by atoms with E-state index in [2.05, 4.69) is 10.2 Å². The van der Waals surface area contributed by atoms with E-state index in [0.717, 1.165) is 18.7 Å². The third kappa shape index (κ3) is 3.07. The first-order valence-electron chi connectivity index (χ1n) is 8.00. The Morgan fingerprint density at radius 1 is 1.39 bits per heavy atom. The van der Waals surface area contributed by atoms with Crippen molar-refractivity contribution < 1.29 is 9.59 Å². The number of nitrogens with zero attached hydrogens (tertiary/aromatic N) is 3. The van der Waals surface area contributed by atoms with Crippen LogP contribution in [0.5, 0.6) is 0 Å². The summed E-state index contributed by atoms with van der Waals surface area (Å²) in [6.07, 6.45) is 0.892. The third-order valence-electron chi connectivity index (χ3n) is 4.79. The summed E-state index contributed by atoms with van der Waals surface area (Å²) < 4.78 is 0. The van der Waals surface area contributed by atoms with E-state index in [-0.39, 0.29) is 23.5 Å². The van der Waals surface area contributed by atoms with Crippen molar-refractivity contribution in [2.45, 2.75) is 31.8 Å². The Labute approximate surface area is 141 Å². The van der Waals surface area contributed by atoms with Crippen LogP contribution in [0.3, 0.4) is 0 Å². The van der Waals surface area contributed by atoms with Gasteiger partial charge in [0.25, 0.3) is 0 Å². The molecule has 2 saturated heterocycles. The highest BCUT2D eigenvalue weighted by molar-refractivity contribution is 7.08. The van der Waals surface area contributed by atoms with Gasteiger partial charge >= 0.3 is 6.03 Å². The number of thiophene rings is 1. The lowest BCUT2D eigenvalue weighted by atomic mass is 9.93. The van der Waals surface area contributed by atoms with Gasteiger partial charge in [0.1, 0.15) is 0 Å². The Morgan fingerprint density at radius 2 is 2.17 bits per heavy atom. The molecular formula is C16H24N4O2S. The zero-order valence-electron chi connectivity index (χ0n) is 13.9. The number of likely N-dealkylation sites (N-methyl/N-ethyl adjacent to an activating group) is 1. The van der Waals surface area contributed by atoms with Gasteiger partial charge in [0.15, 0.2) is 0 Å². The average Bonchev–Trinajstić information content (AvgIpc) is 3.13. The topological polar surface area (TPSA) is 55.9 Å². The second-order valence-electron chi connectivity index (χ2n) is 6.82. The number of piperazine rings is 1. The minimum atomic E-state index is -0.149. The van der Waals surface area contributed by atoms with E-state index in [1.54, 1.807) is 11.3 Å². The molecule has 0 aromatic carbocycles. The van der Waals surface area contributed by atoms with Crippen LogP contribution in [0.2, 0.25) is 0 Å². The van der Waals surface area contributed by atoms with Crippen molar-refractivity contribution in [2.24, 2.45) is 0 Å². The van der Waals surface area contributed by atoms with Gasteiger partial charge in [-0.15, -0.1) is 0 Å². The van der Waals surface area contributed by atoms with Gasteiger partial charge in [0.05, 0.1) is 17.8 Å². The molecule has 0 aliphatic carbocycles. The fraction of sp³-hybridized carbons (Fsp3) is 0.625. The molecule has 1 N–H and O–H groups in total. The molecule has 2 fully saturated rings. The van der Waals surface area contributed by atoms with Gasteiger partial charge in [-0.2, -0.15) is 11.3 Å². The zero-order valence-corrected chi connectivity index (χ0v) is 14.7. The van der Waals surface area contributed by atoms with Gasteiger partial charge in [-0.1, -0.05) is 0 Å². The smallest absolute Gasteiger partial charge is 0.317 e. The van der Waals surface area contributed by atoms with Crippen molar-refractivity contribution in [3.63, 3.8) is 0 Å². The van der Waals surface area contributed by atoms with Crippen LogP contribution in [0.4, 0.5) is 10.5 Å². The Bertz CT molecular complexity index is 589. The SMILES string of the molecule is CC(C)NC(=O)N1CC[C@@]2(C1)CN(c1ccsc1)C(=O)CN2C. The standard InChI is InChI=1S/C16H24N4O2S/c1-12(2)17-15(22)19-6-5-16(10-19)11-20(13-4-7-23-9-13)14(21)8-18(16)3/h4,7,9,12H,5-6,8,10-11H2,1-3H3,(H,17,22)/t16-/m1/s1. The largest absolute Gasteiger partial charge is 0.336 e. The molecule has 7 heteroatoms. The van der Waals surface area contributed by atoms with E-state index in [4.69, 9.17) is 0 Å². The van der Waals surface area contributed by atoms with E-state index in [9.17, 15) is 9.59 Å². The highest BCUT2D eigenvalue weighted by Gasteiger charge is 2.48. The summed E-state index contributed by atoms with van der Waals surface area (Å²) in [5, 5.41) is 6.96. The van der Waals surface area contributed by atoms with Crippen molar-refractivity contribution in [2.75, 3.05) is 38.1 Å². The second kappa shape index (κ2) is 6.13. The number of hydrogen-bond acceptors (Lipinski definition) is 4. The quantitative estimate of drug-likeness (QED) is 0.892. The molecule has 2 aliphatic rings. The minimum absolute atomic E-state index is 0.00995. The van der Waals surface area contributed by atoms with Gasteiger partial charge in [-0.3, -0.25) is 9.69 Å². The van der Waals surface area contributed by atoms with E-state index in [1.807, 2.05) is 47.5 Å². The summed E-state index contributed by atoms with van der Waals surface area (Å²) in [6, 6.07) is 2.11. The number of anilines is 1. The first kappa shape index (κ1) is 16.3. The molecule has 0 bridgehead atoms. The monoisotopic (exact) mass is 336 g/mol. The number of likely N-dealkylation sites (tertiary alicyclic amines) is 1. The van der Waals surface area contributed by atoms with E-state index >= 15 is 0 Å². The third-order valence-corrected chi connectivity index (χ3v) is 5.46. The summed E-state index contributed by atoms with van der Waals surface area (Å²) in [5.74, 6) is 0.126. The lowest BCUT2D eigenvalue weighted by Crippen LogP contribution is -2.64. The van der Waals surface area contributed by atoms with Crippen molar-refractivity contribution in [3.05, 3.63) is 16.8 Å². The molecule has 2 aliphatic heterocycles. The van der Waals surface area contributed by atoms with Crippen LogP contribution in [0.1, 0.15) is 20.3 Å².